The molecule has 3 aromatic rings. The van der Waals surface area contributed by atoms with E-state index >= 15 is 0 Å². The van der Waals surface area contributed by atoms with E-state index in [0.29, 0.717) is 17.0 Å². The maximum absolute atomic E-state index is 14.8. The van der Waals surface area contributed by atoms with Crippen LogP contribution in [0.1, 0.15) is 17.2 Å². The molecule has 2 heterocycles. The Morgan fingerprint density at radius 1 is 1.03 bits per heavy atom. The van der Waals surface area contributed by atoms with Gasteiger partial charge in [0.2, 0.25) is 0 Å². The molecular formula is C23H17FN2O4. The molecule has 0 radical (unpaired) electrons. The highest BCUT2D eigenvalue weighted by atomic mass is 19.1. The first kappa shape index (κ1) is 19.3. The third kappa shape index (κ3) is 3.20. The van der Waals surface area contributed by atoms with Crippen LogP contribution < -0.4 is 9.64 Å². The van der Waals surface area contributed by atoms with Crippen LogP contribution in [0.3, 0.4) is 0 Å². The minimum absolute atomic E-state index is 0.100. The summed E-state index contributed by atoms with van der Waals surface area (Å²) in [6.07, 6.45) is 2.90. The normalized spacial score (nSPS) is 17.9. The third-order valence-electron chi connectivity index (χ3n) is 4.95. The average molecular weight is 404 g/mol. The Morgan fingerprint density at radius 3 is 2.33 bits per heavy atom. The first-order chi connectivity index (χ1) is 14.5. The van der Waals surface area contributed by atoms with Crippen molar-refractivity contribution < 1.29 is 23.8 Å². The zero-order valence-electron chi connectivity index (χ0n) is 15.9. The number of aliphatic hydroxyl groups is 1. The van der Waals surface area contributed by atoms with Gasteiger partial charge in [-0.3, -0.25) is 19.5 Å². The zero-order chi connectivity index (χ0) is 21.3. The second kappa shape index (κ2) is 7.79. The number of ether oxygens (including phenoxy) is 1. The Hall–Kier alpha value is -4.00. The van der Waals surface area contributed by atoms with E-state index in [1.807, 2.05) is 0 Å². The Balaban J connectivity index is 1.95. The van der Waals surface area contributed by atoms with Gasteiger partial charge in [0.15, 0.2) is 0 Å². The first-order valence-corrected chi connectivity index (χ1v) is 9.13. The van der Waals surface area contributed by atoms with Crippen LogP contribution in [0.4, 0.5) is 10.1 Å². The van der Waals surface area contributed by atoms with Gasteiger partial charge in [-0.05, 0) is 42.5 Å². The van der Waals surface area contributed by atoms with Gasteiger partial charge in [-0.25, -0.2) is 4.39 Å². The van der Waals surface area contributed by atoms with Gasteiger partial charge < -0.3 is 9.84 Å². The highest BCUT2D eigenvalue weighted by Crippen LogP contribution is 2.43. The van der Waals surface area contributed by atoms with Crippen molar-refractivity contribution >= 4 is 23.1 Å². The van der Waals surface area contributed by atoms with E-state index in [1.165, 1.54) is 54.7 Å². The van der Waals surface area contributed by atoms with Crippen molar-refractivity contribution in [3.63, 3.8) is 0 Å². The van der Waals surface area contributed by atoms with E-state index in [4.69, 9.17) is 4.74 Å². The molecule has 1 fully saturated rings. The van der Waals surface area contributed by atoms with Gasteiger partial charge in [0.25, 0.3) is 11.7 Å². The number of nitrogens with zero attached hydrogens (tertiary/aromatic N) is 2. The SMILES string of the molecule is COc1ccc(N2C(=O)C(=O)/C(=C(\O)c3ccncc3)C2c2ccccc2F)cc1. The number of Topliss-reactive ketones (excluding diaryl/α,β-unsaturated/α-hetero) is 1. The van der Waals surface area contributed by atoms with Gasteiger partial charge in [0.05, 0.1) is 18.7 Å². The lowest BCUT2D eigenvalue weighted by Crippen LogP contribution is -2.29. The molecule has 150 valence electrons. The number of aromatic nitrogens is 1. The summed E-state index contributed by atoms with van der Waals surface area (Å²) in [5, 5.41) is 10.9. The Bertz CT molecular complexity index is 1140. The molecule has 2 aromatic carbocycles. The van der Waals surface area contributed by atoms with Crippen LogP contribution in [0.25, 0.3) is 5.76 Å². The molecule has 1 N–H and O–H groups in total. The van der Waals surface area contributed by atoms with Gasteiger partial charge in [0, 0.05) is 29.2 Å². The topological polar surface area (TPSA) is 79.7 Å². The van der Waals surface area contributed by atoms with Crippen molar-refractivity contribution in [2.45, 2.75) is 6.04 Å². The number of methoxy groups -OCH3 is 1. The molecule has 1 atom stereocenters. The van der Waals surface area contributed by atoms with Gasteiger partial charge >= 0.3 is 0 Å². The molecule has 0 saturated carbocycles. The van der Waals surface area contributed by atoms with Gasteiger partial charge in [0.1, 0.15) is 17.3 Å². The molecule has 1 saturated heterocycles. The number of ketones is 1. The fourth-order valence-electron chi connectivity index (χ4n) is 3.50. The first-order valence-electron chi connectivity index (χ1n) is 9.13. The molecule has 0 bridgehead atoms. The fraction of sp³-hybridized carbons (Fsp3) is 0.0870. The Kier molecular flexibility index (Phi) is 5.02. The molecule has 1 amide bonds. The van der Waals surface area contributed by atoms with Crippen LogP contribution >= 0.6 is 0 Å². The number of hydrogen-bond acceptors (Lipinski definition) is 5. The van der Waals surface area contributed by atoms with Crippen molar-refractivity contribution in [1.29, 1.82) is 0 Å². The number of rotatable bonds is 4. The molecule has 1 aromatic heterocycles. The lowest BCUT2D eigenvalue weighted by molar-refractivity contribution is -0.132. The van der Waals surface area contributed by atoms with E-state index in [2.05, 4.69) is 4.98 Å². The number of amides is 1. The molecule has 1 aliphatic rings. The molecule has 4 rings (SSSR count). The maximum Gasteiger partial charge on any atom is 0.300 e. The van der Waals surface area contributed by atoms with Crippen LogP contribution in [0.5, 0.6) is 5.75 Å². The summed E-state index contributed by atoms with van der Waals surface area (Å²) in [5.74, 6) is -2.17. The summed E-state index contributed by atoms with van der Waals surface area (Å²) in [5.41, 5.74) is 0.592. The molecule has 30 heavy (non-hydrogen) atoms. The number of aliphatic hydroxyl groups excluding tert-OH is 1. The summed E-state index contributed by atoms with van der Waals surface area (Å²) in [6, 6.07) is 14.2. The molecule has 6 nitrogen and oxygen atoms in total. The highest BCUT2D eigenvalue weighted by Gasteiger charge is 2.47. The van der Waals surface area contributed by atoms with Gasteiger partial charge in [-0.1, -0.05) is 18.2 Å². The number of hydrogen-bond donors (Lipinski definition) is 1. The molecule has 7 heteroatoms. The minimum atomic E-state index is -1.13. The maximum atomic E-state index is 14.8. The monoisotopic (exact) mass is 404 g/mol. The molecular weight excluding hydrogens is 387 g/mol. The quantitative estimate of drug-likeness (QED) is 0.406. The molecule has 0 aliphatic carbocycles. The predicted molar refractivity (Wildman–Crippen MR) is 108 cm³/mol. The highest BCUT2D eigenvalue weighted by molar-refractivity contribution is 6.51. The van der Waals surface area contributed by atoms with Crippen LogP contribution in [-0.2, 0) is 9.59 Å². The summed E-state index contributed by atoms with van der Waals surface area (Å²) in [6.45, 7) is 0. The van der Waals surface area contributed by atoms with Crippen molar-refractivity contribution in [3.8, 4) is 5.75 Å². The van der Waals surface area contributed by atoms with E-state index in [0.717, 1.165) is 0 Å². The third-order valence-corrected chi connectivity index (χ3v) is 4.95. The number of halogens is 1. The standard InChI is InChI=1S/C23H17FN2O4/c1-30-16-8-6-15(7-9-16)26-20(17-4-2-3-5-18(17)24)19(22(28)23(26)29)21(27)14-10-12-25-13-11-14/h2-13,20,27H,1H3/b21-19-. The largest absolute Gasteiger partial charge is 0.507 e. The zero-order valence-corrected chi connectivity index (χ0v) is 15.9. The summed E-state index contributed by atoms with van der Waals surface area (Å²) < 4.78 is 19.9. The number of pyridine rings is 1. The lowest BCUT2D eigenvalue weighted by atomic mass is 9.95. The van der Waals surface area contributed by atoms with E-state index in [9.17, 15) is 19.1 Å². The van der Waals surface area contributed by atoms with Gasteiger partial charge in [-0.2, -0.15) is 0 Å². The van der Waals surface area contributed by atoms with Crippen LogP contribution in [0.15, 0.2) is 78.6 Å². The molecule has 1 unspecified atom stereocenters. The predicted octanol–water partition coefficient (Wildman–Crippen LogP) is 3.86. The van der Waals surface area contributed by atoms with E-state index in [1.54, 1.807) is 30.3 Å². The van der Waals surface area contributed by atoms with E-state index in [-0.39, 0.29) is 16.9 Å². The molecule has 1 aliphatic heterocycles. The summed E-state index contributed by atoms with van der Waals surface area (Å²) >= 11 is 0. The second-order valence-electron chi connectivity index (χ2n) is 6.62. The number of carbonyl (C=O) groups is 2. The fourth-order valence-corrected chi connectivity index (χ4v) is 3.50. The second-order valence-corrected chi connectivity index (χ2v) is 6.62. The van der Waals surface area contributed by atoms with Crippen molar-refractivity contribution in [3.05, 3.63) is 95.6 Å². The van der Waals surface area contributed by atoms with Crippen molar-refractivity contribution in [1.82, 2.24) is 4.98 Å². The summed E-state index contributed by atoms with van der Waals surface area (Å²) in [4.78, 5) is 31.0. The number of anilines is 1. The lowest BCUT2D eigenvalue weighted by Gasteiger charge is -2.25. The van der Waals surface area contributed by atoms with Crippen molar-refractivity contribution in [2.75, 3.05) is 12.0 Å². The number of benzene rings is 2. The molecule has 0 spiro atoms. The minimum Gasteiger partial charge on any atom is -0.507 e. The average Bonchev–Trinajstić information content (AvgIpc) is 3.04. The summed E-state index contributed by atoms with van der Waals surface area (Å²) in [7, 11) is 1.51. The van der Waals surface area contributed by atoms with Crippen LogP contribution in [-0.4, -0.2) is 28.9 Å². The van der Waals surface area contributed by atoms with Gasteiger partial charge in [-0.15, -0.1) is 0 Å². The Labute approximate surface area is 171 Å². The smallest absolute Gasteiger partial charge is 0.300 e. The Morgan fingerprint density at radius 2 is 1.70 bits per heavy atom. The van der Waals surface area contributed by atoms with Crippen molar-refractivity contribution in [2.24, 2.45) is 0 Å². The van der Waals surface area contributed by atoms with Crippen LogP contribution in [0, 0.1) is 5.82 Å². The van der Waals surface area contributed by atoms with Crippen LogP contribution in [0.2, 0.25) is 0 Å². The number of carbonyl (C=O) groups excluding carboxylic acids is 2. The van der Waals surface area contributed by atoms with E-state index < -0.39 is 23.5 Å².